The molecule has 0 spiro atoms. The number of hydrogen-bond donors (Lipinski definition) is 2. The maximum absolute atomic E-state index is 12.6. The summed E-state index contributed by atoms with van der Waals surface area (Å²) in [5.41, 5.74) is 1.38. The predicted octanol–water partition coefficient (Wildman–Crippen LogP) is 4.06. The van der Waals surface area contributed by atoms with Crippen LogP contribution in [0.1, 0.15) is 47.1 Å². The van der Waals surface area contributed by atoms with Crippen molar-refractivity contribution in [2.24, 2.45) is 0 Å². The Labute approximate surface area is 162 Å². The van der Waals surface area contributed by atoms with E-state index in [2.05, 4.69) is 10.6 Å². The molecule has 2 N–H and O–H groups in total. The minimum atomic E-state index is -0.614. The molecule has 1 heterocycles. The fourth-order valence-corrected chi connectivity index (χ4v) is 3.01. The van der Waals surface area contributed by atoms with Gasteiger partial charge in [0.1, 0.15) is 0 Å². The minimum absolute atomic E-state index is 0.297. The average Bonchev–Trinajstić information content (AvgIpc) is 2.85. The number of rotatable bonds is 3. The molecule has 4 amide bonds. The number of hydrogen-bond acceptors (Lipinski definition) is 3. The van der Waals surface area contributed by atoms with E-state index in [-0.39, 0.29) is 11.8 Å². The molecule has 0 fully saturated rings. The fourth-order valence-electron chi connectivity index (χ4n) is 2.89. The number of carbonyl (C=O) groups is 3. The second kappa shape index (κ2) is 7.04. The standard InChI is InChI=1S/C20H20ClN3O3/c1-20(2,3)24-17(25)15-9-8-14(10-16(15)18(24)26)23-19(27)22-11-12-4-6-13(21)7-5-12/h4-10H,11H2,1-3H3,(H2,22,23,27). The number of urea groups is 1. The Morgan fingerprint density at radius 1 is 1.00 bits per heavy atom. The number of nitrogens with one attached hydrogen (secondary N) is 2. The Morgan fingerprint density at radius 2 is 1.63 bits per heavy atom. The molecule has 6 nitrogen and oxygen atoms in total. The third-order valence-corrected chi connectivity index (χ3v) is 4.43. The molecule has 2 aromatic rings. The molecule has 1 aliphatic heterocycles. The summed E-state index contributed by atoms with van der Waals surface area (Å²) in [6.07, 6.45) is 0. The first-order chi connectivity index (χ1) is 12.7. The monoisotopic (exact) mass is 385 g/mol. The SMILES string of the molecule is CC(C)(C)N1C(=O)c2ccc(NC(=O)NCc3ccc(Cl)cc3)cc2C1=O. The highest BCUT2D eigenvalue weighted by molar-refractivity contribution is 6.30. The van der Waals surface area contributed by atoms with Gasteiger partial charge in [-0.2, -0.15) is 0 Å². The molecule has 0 saturated carbocycles. The van der Waals surface area contributed by atoms with Crippen LogP contribution in [-0.2, 0) is 6.54 Å². The van der Waals surface area contributed by atoms with Crippen molar-refractivity contribution in [1.29, 1.82) is 0 Å². The summed E-state index contributed by atoms with van der Waals surface area (Å²) in [4.78, 5) is 38.4. The van der Waals surface area contributed by atoms with Crippen LogP contribution in [0.25, 0.3) is 0 Å². The molecule has 0 saturated heterocycles. The van der Waals surface area contributed by atoms with Crippen LogP contribution >= 0.6 is 11.6 Å². The van der Waals surface area contributed by atoms with Gasteiger partial charge in [0.15, 0.2) is 0 Å². The van der Waals surface area contributed by atoms with Gasteiger partial charge in [0.05, 0.1) is 11.1 Å². The molecular weight excluding hydrogens is 366 g/mol. The summed E-state index contributed by atoms with van der Waals surface area (Å²) in [5.74, 6) is -0.672. The van der Waals surface area contributed by atoms with E-state index in [1.54, 1.807) is 45.0 Å². The lowest BCUT2D eigenvalue weighted by molar-refractivity contribution is 0.0507. The van der Waals surface area contributed by atoms with Crippen molar-refractivity contribution in [3.05, 3.63) is 64.2 Å². The molecule has 3 rings (SSSR count). The van der Waals surface area contributed by atoms with Gasteiger partial charge >= 0.3 is 6.03 Å². The highest BCUT2D eigenvalue weighted by atomic mass is 35.5. The number of fused-ring (bicyclic) bond motifs is 1. The normalized spacial score (nSPS) is 13.6. The highest BCUT2D eigenvalue weighted by Gasteiger charge is 2.41. The van der Waals surface area contributed by atoms with Gasteiger partial charge in [0, 0.05) is 22.8 Å². The molecule has 0 aromatic heterocycles. The van der Waals surface area contributed by atoms with Gasteiger partial charge in [-0.1, -0.05) is 23.7 Å². The van der Waals surface area contributed by atoms with Crippen LogP contribution in [0.4, 0.5) is 10.5 Å². The molecule has 0 aliphatic carbocycles. The van der Waals surface area contributed by atoms with E-state index < -0.39 is 11.6 Å². The van der Waals surface area contributed by atoms with Gasteiger partial charge < -0.3 is 10.6 Å². The Balaban J connectivity index is 1.69. The molecule has 27 heavy (non-hydrogen) atoms. The summed E-state index contributed by atoms with van der Waals surface area (Å²) in [5, 5.41) is 6.05. The zero-order valence-corrected chi connectivity index (χ0v) is 16.1. The van der Waals surface area contributed by atoms with E-state index in [0.717, 1.165) is 5.56 Å². The third kappa shape index (κ3) is 3.95. The van der Waals surface area contributed by atoms with E-state index in [1.165, 1.54) is 11.0 Å². The molecular formula is C20H20ClN3O3. The largest absolute Gasteiger partial charge is 0.334 e. The summed E-state index contributed by atoms with van der Waals surface area (Å²) in [6, 6.07) is 11.4. The number of nitrogens with zero attached hydrogens (tertiary/aromatic N) is 1. The van der Waals surface area contributed by atoms with E-state index >= 15 is 0 Å². The molecule has 1 aliphatic rings. The van der Waals surface area contributed by atoms with Crippen molar-refractivity contribution in [2.45, 2.75) is 32.9 Å². The number of anilines is 1. The third-order valence-electron chi connectivity index (χ3n) is 4.18. The van der Waals surface area contributed by atoms with E-state index in [1.807, 2.05) is 12.1 Å². The zero-order chi connectivity index (χ0) is 19.8. The Hall–Kier alpha value is -2.86. The minimum Gasteiger partial charge on any atom is -0.334 e. The second-order valence-corrected chi connectivity index (χ2v) is 7.75. The van der Waals surface area contributed by atoms with Crippen molar-refractivity contribution >= 4 is 35.1 Å². The van der Waals surface area contributed by atoms with Crippen LogP contribution in [-0.4, -0.2) is 28.3 Å². The molecule has 0 bridgehead atoms. The van der Waals surface area contributed by atoms with Gasteiger partial charge in [0.2, 0.25) is 0 Å². The first-order valence-corrected chi connectivity index (χ1v) is 8.87. The lowest BCUT2D eigenvalue weighted by Gasteiger charge is -2.29. The van der Waals surface area contributed by atoms with Crippen LogP contribution in [0.15, 0.2) is 42.5 Å². The van der Waals surface area contributed by atoms with Gasteiger partial charge in [-0.15, -0.1) is 0 Å². The average molecular weight is 386 g/mol. The topological polar surface area (TPSA) is 78.5 Å². The first-order valence-electron chi connectivity index (χ1n) is 8.49. The molecule has 2 aromatic carbocycles. The number of imide groups is 1. The summed E-state index contributed by atoms with van der Waals surface area (Å²) in [7, 11) is 0. The molecule has 140 valence electrons. The molecule has 0 unspecified atom stereocenters. The van der Waals surface area contributed by atoms with Crippen LogP contribution in [0.3, 0.4) is 0 Å². The molecule has 7 heteroatoms. The van der Waals surface area contributed by atoms with Crippen molar-refractivity contribution in [1.82, 2.24) is 10.2 Å². The van der Waals surface area contributed by atoms with Gasteiger partial charge in [-0.05, 0) is 56.7 Å². The summed E-state index contributed by atoms with van der Waals surface area (Å²) < 4.78 is 0. The Kier molecular flexibility index (Phi) is 4.93. The number of halogens is 1. The maximum atomic E-state index is 12.6. The Morgan fingerprint density at radius 3 is 2.26 bits per heavy atom. The van der Waals surface area contributed by atoms with Gasteiger partial charge in [-0.3, -0.25) is 14.5 Å². The number of benzene rings is 2. The van der Waals surface area contributed by atoms with Crippen molar-refractivity contribution in [2.75, 3.05) is 5.32 Å². The molecule has 0 radical (unpaired) electrons. The van der Waals surface area contributed by atoms with E-state index in [0.29, 0.717) is 28.4 Å². The lowest BCUT2D eigenvalue weighted by atomic mass is 10.1. The number of amides is 4. The smallest absolute Gasteiger partial charge is 0.319 e. The van der Waals surface area contributed by atoms with Crippen molar-refractivity contribution in [3.63, 3.8) is 0 Å². The van der Waals surface area contributed by atoms with Crippen LogP contribution in [0.5, 0.6) is 0 Å². The van der Waals surface area contributed by atoms with Crippen LogP contribution < -0.4 is 10.6 Å². The predicted molar refractivity (Wildman–Crippen MR) is 104 cm³/mol. The Bertz CT molecular complexity index is 917. The quantitative estimate of drug-likeness (QED) is 0.782. The molecule has 0 atom stereocenters. The fraction of sp³-hybridized carbons (Fsp3) is 0.250. The van der Waals surface area contributed by atoms with E-state index in [4.69, 9.17) is 11.6 Å². The van der Waals surface area contributed by atoms with Crippen molar-refractivity contribution < 1.29 is 14.4 Å². The van der Waals surface area contributed by atoms with Crippen LogP contribution in [0, 0.1) is 0 Å². The zero-order valence-electron chi connectivity index (χ0n) is 15.3. The highest BCUT2D eigenvalue weighted by Crippen LogP contribution is 2.30. The summed E-state index contributed by atoms with van der Waals surface area (Å²) >= 11 is 5.83. The van der Waals surface area contributed by atoms with Gasteiger partial charge in [0.25, 0.3) is 11.8 Å². The lowest BCUT2D eigenvalue weighted by Crippen LogP contribution is -2.45. The summed E-state index contributed by atoms with van der Waals surface area (Å²) in [6.45, 7) is 5.75. The first kappa shape index (κ1) is 18.9. The van der Waals surface area contributed by atoms with Crippen LogP contribution in [0.2, 0.25) is 5.02 Å². The van der Waals surface area contributed by atoms with Gasteiger partial charge in [-0.25, -0.2) is 4.79 Å². The van der Waals surface area contributed by atoms with E-state index in [9.17, 15) is 14.4 Å². The second-order valence-electron chi connectivity index (χ2n) is 7.31. The number of carbonyl (C=O) groups excluding carboxylic acids is 3. The maximum Gasteiger partial charge on any atom is 0.319 e. The van der Waals surface area contributed by atoms with Crippen molar-refractivity contribution in [3.8, 4) is 0 Å².